The van der Waals surface area contributed by atoms with Crippen molar-refractivity contribution >= 4 is 62.5 Å². The van der Waals surface area contributed by atoms with Crippen LogP contribution in [0.5, 0.6) is 0 Å². The molecule has 5 N–H and O–H groups in total. The third kappa shape index (κ3) is 9.02. The number of unbranched alkanes of at least 4 members (excludes halogenated alkanes) is 1. The molecular formula is C31H40Cl2IN5O. The molecule has 3 aromatic rings. The number of nitrogens with zero attached hydrogens (tertiary/aromatic N) is 2. The number of nitrogens with one attached hydrogen (secondary N) is 1. The fourth-order valence-corrected chi connectivity index (χ4v) is 7.00. The van der Waals surface area contributed by atoms with Crippen LogP contribution in [0.2, 0.25) is 10.0 Å². The molecule has 3 atom stereocenters. The Labute approximate surface area is 261 Å². The van der Waals surface area contributed by atoms with Gasteiger partial charge in [-0.2, -0.15) is 0 Å². The summed E-state index contributed by atoms with van der Waals surface area (Å²) < 4.78 is 0.0827. The number of nitrogens with two attached hydrogens (primary N) is 2. The van der Waals surface area contributed by atoms with E-state index in [1.165, 1.54) is 10.8 Å². The molecule has 0 saturated carbocycles. The Morgan fingerprint density at radius 1 is 1.02 bits per heavy atom. The first-order valence-corrected chi connectivity index (χ1v) is 16.1. The van der Waals surface area contributed by atoms with Crippen molar-refractivity contribution in [3.05, 3.63) is 81.8 Å². The highest BCUT2D eigenvalue weighted by Gasteiger charge is 2.35. The number of rotatable bonds is 13. The van der Waals surface area contributed by atoms with Gasteiger partial charge in [0.2, 0.25) is 5.91 Å². The number of amides is 1. The smallest absolute Gasteiger partial charge is 0.227 e. The van der Waals surface area contributed by atoms with Gasteiger partial charge in [0.25, 0.3) is 0 Å². The minimum Gasteiger partial charge on any atom is -0.329 e. The SMILES string of the molecule is NCCNCCCC[C@H]1CN(C(=O)Cc2ccc3ccccc3c2)[C@H](I)CN1C[C@H](N)Cc1ccc(Cl)cc1Cl. The van der Waals surface area contributed by atoms with Crippen LogP contribution in [0.25, 0.3) is 10.8 Å². The summed E-state index contributed by atoms with van der Waals surface area (Å²) in [5.41, 5.74) is 14.3. The lowest BCUT2D eigenvalue weighted by Crippen LogP contribution is -2.60. The van der Waals surface area contributed by atoms with Gasteiger partial charge >= 0.3 is 0 Å². The summed E-state index contributed by atoms with van der Waals surface area (Å²) in [6.45, 7) is 4.70. The topological polar surface area (TPSA) is 87.6 Å². The molecule has 1 saturated heterocycles. The zero-order valence-electron chi connectivity index (χ0n) is 22.9. The Bertz CT molecular complexity index is 1260. The Balaban J connectivity index is 1.41. The van der Waals surface area contributed by atoms with Crippen molar-refractivity contribution in [1.29, 1.82) is 0 Å². The predicted molar refractivity (Wildman–Crippen MR) is 176 cm³/mol. The Morgan fingerprint density at radius 2 is 1.82 bits per heavy atom. The molecule has 1 aliphatic rings. The van der Waals surface area contributed by atoms with E-state index in [1.54, 1.807) is 6.07 Å². The van der Waals surface area contributed by atoms with E-state index in [0.717, 1.165) is 56.6 Å². The van der Waals surface area contributed by atoms with Crippen molar-refractivity contribution < 1.29 is 4.79 Å². The summed E-state index contributed by atoms with van der Waals surface area (Å²) >= 11 is 14.9. The molecule has 0 unspecified atom stereocenters. The molecule has 0 aromatic heterocycles. The van der Waals surface area contributed by atoms with Crippen molar-refractivity contribution in [2.45, 2.75) is 48.2 Å². The average molecular weight is 697 g/mol. The van der Waals surface area contributed by atoms with Gasteiger partial charge in [-0.05, 0) is 59.8 Å². The van der Waals surface area contributed by atoms with Gasteiger partial charge in [-0.1, -0.05) is 101 Å². The number of hydrogen-bond acceptors (Lipinski definition) is 5. The highest BCUT2D eigenvalue weighted by atomic mass is 127. The summed E-state index contributed by atoms with van der Waals surface area (Å²) in [6, 6.07) is 20.4. The van der Waals surface area contributed by atoms with Crippen LogP contribution in [0.4, 0.5) is 0 Å². The van der Waals surface area contributed by atoms with Crippen LogP contribution >= 0.6 is 45.8 Å². The zero-order valence-corrected chi connectivity index (χ0v) is 26.5. The molecule has 3 aromatic carbocycles. The maximum absolute atomic E-state index is 13.6. The normalized spacial score (nSPS) is 18.8. The minimum atomic E-state index is -0.0733. The first-order chi connectivity index (χ1) is 19.3. The second-order valence-electron chi connectivity index (χ2n) is 10.7. The molecule has 0 aliphatic carbocycles. The molecular weight excluding hydrogens is 656 g/mol. The maximum Gasteiger partial charge on any atom is 0.227 e. The Morgan fingerprint density at radius 3 is 2.60 bits per heavy atom. The lowest BCUT2D eigenvalue weighted by atomic mass is 10.0. The molecule has 6 nitrogen and oxygen atoms in total. The zero-order chi connectivity index (χ0) is 28.5. The van der Waals surface area contributed by atoms with Gasteiger partial charge in [-0.3, -0.25) is 9.69 Å². The summed E-state index contributed by atoms with van der Waals surface area (Å²) in [6.07, 6.45) is 4.26. The number of benzene rings is 3. The van der Waals surface area contributed by atoms with Gasteiger partial charge in [0.1, 0.15) is 0 Å². The lowest BCUT2D eigenvalue weighted by Gasteiger charge is -2.45. The molecule has 40 heavy (non-hydrogen) atoms. The van der Waals surface area contributed by atoms with Gasteiger partial charge in [0.15, 0.2) is 0 Å². The molecule has 9 heteroatoms. The number of carbonyl (C=O) groups is 1. The first kappa shape index (κ1) is 31.5. The van der Waals surface area contributed by atoms with E-state index in [4.69, 9.17) is 34.7 Å². The van der Waals surface area contributed by atoms with Crippen LogP contribution in [0, 0.1) is 0 Å². The molecule has 0 radical (unpaired) electrons. The summed E-state index contributed by atoms with van der Waals surface area (Å²) in [7, 11) is 0. The molecule has 0 spiro atoms. The number of piperazine rings is 1. The molecule has 216 valence electrons. The van der Waals surface area contributed by atoms with Crippen LogP contribution in [0.15, 0.2) is 60.7 Å². The highest BCUT2D eigenvalue weighted by molar-refractivity contribution is 14.1. The third-order valence-electron chi connectivity index (χ3n) is 7.57. The molecule has 4 rings (SSSR count). The number of alkyl halides is 1. The Kier molecular flexibility index (Phi) is 12.3. The number of carbonyl (C=O) groups excluding carboxylic acids is 1. The van der Waals surface area contributed by atoms with Crippen LogP contribution in [-0.2, 0) is 17.6 Å². The van der Waals surface area contributed by atoms with Crippen LogP contribution < -0.4 is 16.8 Å². The molecule has 1 amide bonds. The van der Waals surface area contributed by atoms with Gasteiger partial charge in [-0.15, -0.1) is 0 Å². The number of hydrogen-bond donors (Lipinski definition) is 3. The van der Waals surface area contributed by atoms with Gasteiger partial charge in [0.05, 0.1) is 10.5 Å². The van der Waals surface area contributed by atoms with E-state index < -0.39 is 0 Å². The summed E-state index contributed by atoms with van der Waals surface area (Å²) in [5.74, 6) is 0.182. The number of halogens is 3. The van der Waals surface area contributed by atoms with Gasteiger partial charge < -0.3 is 21.7 Å². The van der Waals surface area contributed by atoms with Crippen molar-refractivity contribution in [2.75, 3.05) is 39.3 Å². The van der Waals surface area contributed by atoms with Crippen molar-refractivity contribution in [1.82, 2.24) is 15.1 Å². The van der Waals surface area contributed by atoms with E-state index in [-0.39, 0.29) is 22.0 Å². The van der Waals surface area contributed by atoms with Gasteiger partial charge in [0, 0.05) is 54.9 Å². The minimum absolute atomic E-state index is 0.0733. The van der Waals surface area contributed by atoms with Crippen molar-refractivity contribution in [3.63, 3.8) is 0 Å². The van der Waals surface area contributed by atoms with Gasteiger partial charge in [-0.25, -0.2) is 0 Å². The lowest BCUT2D eigenvalue weighted by molar-refractivity contribution is -0.134. The fourth-order valence-electron chi connectivity index (χ4n) is 5.47. The summed E-state index contributed by atoms with van der Waals surface area (Å²) in [4.78, 5) is 18.1. The van der Waals surface area contributed by atoms with Crippen molar-refractivity contribution in [3.8, 4) is 0 Å². The van der Waals surface area contributed by atoms with Crippen LogP contribution in [-0.4, -0.2) is 71.1 Å². The average Bonchev–Trinajstić information content (AvgIpc) is 2.93. The van der Waals surface area contributed by atoms with E-state index in [2.05, 4.69) is 68.0 Å². The fraction of sp³-hybridized carbons (Fsp3) is 0.452. The second-order valence-corrected chi connectivity index (χ2v) is 13.0. The molecule has 1 fully saturated rings. The predicted octanol–water partition coefficient (Wildman–Crippen LogP) is 5.25. The Hall–Kier alpha value is -1.46. The van der Waals surface area contributed by atoms with Crippen LogP contribution in [0.3, 0.4) is 0 Å². The van der Waals surface area contributed by atoms with E-state index in [0.29, 0.717) is 36.0 Å². The first-order valence-electron chi connectivity index (χ1n) is 14.1. The van der Waals surface area contributed by atoms with Crippen molar-refractivity contribution in [2.24, 2.45) is 11.5 Å². The van der Waals surface area contributed by atoms with Crippen LogP contribution in [0.1, 0.15) is 30.4 Å². The monoisotopic (exact) mass is 695 g/mol. The summed E-state index contributed by atoms with van der Waals surface area (Å²) in [5, 5.41) is 7.02. The maximum atomic E-state index is 13.6. The molecule has 1 aliphatic heterocycles. The third-order valence-corrected chi connectivity index (χ3v) is 9.22. The largest absolute Gasteiger partial charge is 0.329 e. The van der Waals surface area contributed by atoms with E-state index in [1.807, 2.05) is 24.3 Å². The van der Waals surface area contributed by atoms with E-state index in [9.17, 15) is 4.79 Å². The highest BCUT2D eigenvalue weighted by Crippen LogP contribution is 2.26. The molecule has 1 heterocycles. The second kappa shape index (κ2) is 15.7. The number of fused-ring (bicyclic) bond motifs is 1. The van der Waals surface area contributed by atoms with E-state index >= 15 is 0 Å². The quantitative estimate of drug-likeness (QED) is 0.0985. The standard InChI is InChI=1S/C31H40Cl2IN5O/c32-26-11-10-25(29(33)18-26)17-27(36)19-38-21-30(34)39(20-28(38)7-3-4-13-37-14-12-35)31(40)16-22-8-9-23-5-1-2-6-24(23)15-22/h1-2,5-6,8-11,15,18,27-28,30,37H,3-4,7,12-14,16-17,19-21,35-36H2/t27-,28+,30+/m1/s1. The molecule has 0 bridgehead atoms.